The van der Waals surface area contributed by atoms with Crippen molar-refractivity contribution < 1.29 is 14.3 Å². The molecular weight excluding hydrogens is 366 g/mol. The fourth-order valence-corrected chi connectivity index (χ4v) is 2.27. The molecule has 0 spiro atoms. The lowest BCUT2D eigenvalue weighted by Crippen LogP contribution is -2.14. The number of benzene rings is 2. The number of ether oxygens (including phenoxy) is 1. The van der Waals surface area contributed by atoms with Crippen molar-refractivity contribution in [3.63, 3.8) is 0 Å². The molecule has 138 valence electrons. The van der Waals surface area contributed by atoms with E-state index in [0.29, 0.717) is 28.6 Å². The molecule has 0 aromatic heterocycles. The minimum Gasteiger partial charge on any atom is -0.462 e. The number of carbonyl (C=O) groups excluding carboxylic acids is 2. The van der Waals surface area contributed by atoms with Crippen LogP contribution in [0, 0.1) is 18.3 Å². The number of nitrogens with zero attached hydrogens (tertiary/aromatic N) is 1. The Bertz CT molecular complexity index is 915. The van der Waals surface area contributed by atoms with Crippen molar-refractivity contribution in [2.45, 2.75) is 13.8 Å². The normalized spacial score (nSPS) is 10.7. The zero-order valence-electron chi connectivity index (χ0n) is 14.9. The molecule has 27 heavy (non-hydrogen) atoms. The molecule has 2 aromatic carbocycles. The molecule has 0 saturated carbocycles. The molecule has 2 rings (SSSR count). The Morgan fingerprint density at radius 2 is 1.85 bits per heavy atom. The van der Waals surface area contributed by atoms with Crippen molar-refractivity contribution in [3.05, 3.63) is 70.4 Å². The van der Waals surface area contributed by atoms with Gasteiger partial charge >= 0.3 is 5.97 Å². The summed E-state index contributed by atoms with van der Waals surface area (Å²) < 4.78 is 4.91. The highest BCUT2D eigenvalue weighted by Gasteiger charge is 2.10. The van der Waals surface area contributed by atoms with Gasteiger partial charge in [0.25, 0.3) is 5.91 Å². The largest absolute Gasteiger partial charge is 0.462 e. The highest BCUT2D eigenvalue weighted by Crippen LogP contribution is 2.20. The van der Waals surface area contributed by atoms with Crippen molar-refractivity contribution in [1.29, 1.82) is 5.26 Å². The van der Waals surface area contributed by atoms with Gasteiger partial charge in [0.15, 0.2) is 0 Å². The predicted octanol–water partition coefficient (Wildman–Crippen LogP) is 4.28. The maximum absolute atomic E-state index is 12.2. The summed E-state index contributed by atoms with van der Waals surface area (Å²) >= 11 is 6.03. The van der Waals surface area contributed by atoms with Gasteiger partial charge in [-0.1, -0.05) is 17.7 Å². The molecule has 1 amide bonds. The Labute approximate surface area is 162 Å². The number of esters is 1. The van der Waals surface area contributed by atoms with Gasteiger partial charge in [-0.05, 0) is 55.8 Å². The predicted molar refractivity (Wildman–Crippen MR) is 105 cm³/mol. The maximum atomic E-state index is 12.2. The average Bonchev–Trinajstić information content (AvgIpc) is 2.66. The van der Waals surface area contributed by atoms with Crippen LogP contribution in [0.1, 0.15) is 22.8 Å². The van der Waals surface area contributed by atoms with Crippen LogP contribution in [0.5, 0.6) is 0 Å². The Balaban J connectivity index is 2.04. The number of aryl methyl sites for hydroxylation is 1. The summed E-state index contributed by atoms with van der Waals surface area (Å²) in [5.74, 6) is -0.971. The molecule has 6 nitrogen and oxygen atoms in total. The number of amides is 1. The van der Waals surface area contributed by atoms with E-state index in [9.17, 15) is 14.9 Å². The highest BCUT2D eigenvalue weighted by atomic mass is 35.5. The summed E-state index contributed by atoms with van der Waals surface area (Å²) in [7, 11) is 0. The standard InChI is InChI=1S/C20H18ClN3O3/c1-3-27-20(26)14-5-8-16(9-6-14)23-12-15(11-22)19(25)24-17-7-4-13(2)18(21)10-17/h4-10,12,23H,3H2,1-2H3,(H,24,25)/b15-12-. The first-order valence-corrected chi connectivity index (χ1v) is 8.54. The molecular formula is C20H18ClN3O3. The topological polar surface area (TPSA) is 91.2 Å². The van der Waals surface area contributed by atoms with Gasteiger partial charge in [0.05, 0.1) is 12.2 Å². The van der Waals surface area contributed by atoms with Crippen LogP contribution in [0.2, 0.25) is 5.02 Å². The van der Waals surface area contributed by atoms with E-state index in [0.717, 1.165) is 5.56 Å². The first-order chi connectivity index (χ1) is 12.9. The van der Waals surface area contributed by atoms with Gasteiger partial charge < -0.3 is 15.4 Å². The lowest BCUT2D eigenvalue weighted by Gasteiger charge is -2.07. The summed E-state index contributed by atoms with van der Waals surface area (Å²) in [6.07, 6.45) is 1.30. The Morgan fingerprint density at radius 1 is 1.19 bits per heavy atom. The Kier molecular flexibility index (Phi) is 6.98. The van der Waals surface area contributed by atoms with Crippen LogP contribution in [-0.2, 0) is 9.53 Å². The number of anilines is 2. The van der Waals surface area contributed by atoms with E-state index in [2.05, 4.69) is 10.6 Å². The zero-order chi connectivity index (χ0) is 19.8. The van der Waals surface area contributed by atoms with Crippen molar-refractivity contribution in [2.24, 2.45) is 0 Å². The van der Waals surface area contributed by atoms with Crippen LogP contribution >= 0.6 is 11.6 Å². The van der Waals surface area contributed by atoms with E-state index in [-0.39, 0.29) is 5.57 Å². The molecule has 0 aliphatic carbocycles. The lowest BCUT2D eigenvalue weighted by molar-refractivity contribution is -0.112. The SMILES string of the molecule is CCOC(=O)c1ccc(N/C=C(/C#N)C(=O)Nc2ccc(C)c(Cl)c2)cc1. The number of hydrogen-bond donors (Lipinski definition) is 2. The number of rotatable bonds is 6. The van der Waals surface area contributed by atoms with Crippen molar-refractivity contribution in [3.8, 4) is 6.07 Å². The van der Waals surface area contributed by atoms with Crippen LogP contribution in [-0.4, -0.2) is 18.5 Å². The number of carbonyl (C=O) groups is 2. The van der Waals surface area contributed by atoms with E-state index in [1.165, 1.54) is 6.20 Å². The molecule has 0 aliphatic rings. The second kappa shape index (κ2) is 9.41. The molecule has 2 N–H and O–H groups in total. The van der Waals surface area contributed by atoms with Gasteiger partial charge in [0.2, 0.25) is 0 Å². The van der Waals surface area contributed by atoms with E-state index in [4.69, 9.17) is 16.3 Å². The fraction of sp³-hybridized carbons (Fsp3) is 0.150. The molecule has 2 aromatic rings. The van der Waals surface area contributed by atoms with Crippen LogP contribution in [0.4, 0.5) is 11.4 Å². The smallest absolute Gasteiger partial charge is 0.338 e. The first-order valence-electron chi connectivity index (χ1n) is 8.16. The summed E-state index contributed by atoms with van der Waals surface area (Å²) in [4.78, 5) is 23.8. The zero-order valence-corrected chi connectivity index (χ0v) is 15.6. The van der Waals surface area contributed by atoms with Crippen LogP contribution in [0.15, 0.2) is 54.2 Å². The third-order valence-electron chi connectivity index (χ3n) is 3.57. The Hall–Kier alpha value is -3.30. The van der Waals surface area contributed by atoms with Gasteiger partial charge in [0, 0.05) is 22.6 Å². The molecule has 0 aliphatic heterocycles. The summed E-state index contributed by atoms with van der Waals surface area (Å²) in [6.45, 7) is 3.89. The van der Waals surface area contributed by atoms with Crippen molar-refractivity contribution in [1.82, 2.24) is 0 Å². The molecule has 0 atom stereocenters. The average molecular weight is 384 g/mol. The quantitative estimate of drug-likeness (QED) is 0.441. The maximum Gasteiger partial charge on any atom is 0.338 e. The fourth-order valence-electron chi connectivity index (χ4n) is 2.09. The summed E-state index contributed by atoms with van der Waals surface area (Å²) in [5, 5.41) is 15.2. The Morgan fingerprint density at radius 3 is 2.44 bits per heavy atom. The number of halogens is 1. The summed E-state index contributed by atoms with van der Waals surface area (Å²) in [6, 6.07) is 13.4. The monoisotopic (exact) mass is 383 g/mol. The number of nitrogens with one attached hydrogen (secondary N) is 2. The molecule has 0 bridgehead atoms. The second-order valence-electron chi connectivity index (χ2n) is 5.53. The first kappa shape index (κ1) is 20.0. The second-order valence-corrected chi connectivity index (χ2v) is 5.94. The third-order valence-corrected chi connectivity index (χ3v) is 3.98. The minimum absolute atomic E-state index is 0.110. The van der Waals surface area contributed by atoms with Gasteiger partial charge in [-0.2, -0.15) is 5.26 Å². The molecule has 7 heteroatoms. The van der Waals surface area contributed by atoms with Gasteiger partial charge in [0.1, 0.15) is 11.6 Å². The van der Waals surface area contributed by atoms with E-state index >= 15 is 0 Å². The van der Waals surface area contributed by atoms with Gasteiger partial charge in [-0.15, -0.1) is 0 Å². The van der Waals surface area contributed by atoms with Crippen LogP contribution < -0.4 is 10.6 Å². The van der Waals surface area contributed by atoms with Gasteiger partial charge in [-0.25, -0.2) is 4.79 Å². The van der Waals surface area contributed by atoms with Crippen molar-refractivity contribution in [2.75, 3.05) is 17.2 Å². The lowest BCUT2D eigenvalue weighted by atomic mass is 10.2. The van der Waals surface area contributed by atoms with E-state index in [1.807, 2.05) is 13.0 Å². The molecule has 0 heterocycles. The highest BCUT2D eigenvalue weighted by molar-refractivity contribution is 6.31. The molecule has 0 saturated heterocycles. The number of hydrogen-bond acceptors (Lipinski definition) is 5. The van der Waals surface area contributed by atoms with Crippen LogP contribution in [0.25, 0.3) is 0 Å². The molecule has 0 unspecified atom stereocenters. The van der Waals surface area contributed by atoms with Crippen LogP contribution in [0.3, 0.4) is 0 Å². The molecule has 0 fully saturated rings. The molecule has 0 radical (unpaired) electrons. The van der Waals surface area contributed by atoms with E-state index in [1.54, 1.807) is 49.4 Å². The number of nitriles is 1. The van der Waals surface area contributed by atoms with Crippen molar-refractivity contribution >= 4 is 34.9 Å². The van der Waals surface area contributed by atoms with Gasteiger partial charge in [-0.3, -0.25) is 4.79 Å². The minimum atomic E-state index is -0.562. The van der Waals surface area contributed by atoms with E-state index < -0.39 is 11.9 Å². The summed E-state index contributed by atoms with van der Waals surface area (Å²) in [5.41, 5.74) is 2.30. The third kappa shape index (κ3) is 5.59.